The quantitative estimate of drug-likeness (QED) is 0.792. The van der Waals surface area contributed by atoms with Crippen LogP contribution in [0, 0.1) is 5.82 Å². The second-order valence-electron chi connectivity index (χ2n) is 3.73. The molecular weight excluding hydrogens is 305 g/mol. The number of hydrogen-bond acceptors (Lipinski definition) is 2. The van der Waals surface area contributed by atoms with Crippen molar-refractivity contribution in [1.82, 2.24) is 5.32 Å². The van der Waals surface area contributed by atoms with Gasteiger partial charge in [-0.2, -0.15) is 0 Å². The van der Waals surface area contributed by atoms with Crippen molar-refractivity contribution in [3.8, 4) is 0 Å². The van der Waals surface area contributed by atoms with Gasteiger partial charge in [0.25, 0.3) is 5.91 Å². The van der Waals surface area contributed by atoms with E-state index in [1.54, 1.807) is 0 Å². The van der Waals surface area contributed by atoms with Gasteiger partial charge in [-0.05, 0) is 47.0 Å². The molecule has 1 aromatic carbocycles. The van der Waals surface area contributed by atoms with Gasteiger partial charge in [-0.3, -0.25) is 9.59 Å². The molecule has 0 saturated heterocycles. The Hall–Kier alpha value is -1.43. The number of carboxylic acids is 1. The zero-order valence-electron chi connectivity index (χ0n) is 9.58. The smallest absolute Gasteiger partial charge is 0.303 e. The Morgan fingerprint density at radius 1 is 1.33 bits per heavy atom. The molecule has 1 aromatic rings. The minimum atomic E-state index is -0.853. The van der Waals surface area contributed by atoms with E-state index in [4.69, 9.17) is 5.11 Å². The number of carbonyl (C=O) groups is 2. The Morgan fingerprint density at radius 3 is 2.72 bits per heavy atom. The van der Waals surface area contributed by atoms with Gasteiger partial charge in [-0.15, -0.1) is 0 Å². The summed E-state index contributed by atoms with van der Waals surface area (Å²) in [6.07, 6.45) is 1.16. The van der Waals surface area contributed by atoms with Crippen molar-refractivity contribution in [1.29, 1.82) is 0 Å². The molecule has 4 nitrogen and oxygen atoms in total. The third-order valence-corrected chi connectivity index (χ3v) is 2.97. The number of carboxylic acid groups (broad SMARTS) is 1. The summed E-state index contributed by atoms with van der Waals surface area (Å²) in [7, 11) is 0. The molecule has 0 saturated carbocycles. The van der Waals surface area contributed by atoms with E-state index < -0.39 is 11.8 Å². The van der Waals surface area contributed by atoms with Gasteiger partial charge in [0.2, 0.25) is 0 Å². The maximum atomic E-state index is 13.0. The molecule has 0 fully saturated rings. The number of aliphatic carboxylic acids is 1. The first-order valence-electron chi connectivity index (χ1n) is 5.45. The monoisotopic (exact) mass is 317 g/mol. The Labute approximate surface area is 112 Å². The highest BCUT2D eigenvalue weighted by atomic mass is 79.9. The number of halogens is 2. The second-order valence-corrected chi connectivity index (χ2v) is 4.59. The lowest BCUT2D eigenvalue weighted by Gasteiger charge is -2.06. The van der Waals surface area contributed by atoms with Crippen LogP contribution in [-0.4, -0.2) is 23.5 Å². The summed E-state index contributed by atoms with van der Waals surface area (Å²) < 4.78 is 13.5. The van der Waals surface area contributed by atoms with Crippen LogP contribution in [-0.2, 0) is 4.79 Å². The van der Waals surface area contributed by atoms with Crippen LogP contribution in [0.3, 0.4) is 0 Å². The average Bonchev–Trinajstić information content (AvgIpc) is 2.31. The molecule has 6 heteroatoms. The van der Waals surface area contributed by atoms with Crippen molar-refractivity contribution in [2.24, 2.45) is 0 Å². The van der Waals surface area contributed by atoms with E-state index in [0.29, 0.717) is 23.9 Å². The molecule has 0 unspecified atom stereocenters. The predicted molar refractivity (Wildman–Crippen MR) is 67.9 cm³/mol. The summed E-state index contributed by atoms with van der Waals surface area (Å²) in [5.74, 6) is -1.71. The van der Waals surface area contributed by atoms with Crippen LogP contribution in [0.4, 0.5) is 4.39 Å². The number of amides is 1. The molecule has 0 aliphatic heterocycles. The summed E-state index contributed by atoms with van der Waals surface area (Å²) in [5, 5.41) is 11.0. The molecule has 1 amide bonds. The molecule has 0 spiro atoms. The van der Waals surface area contributed by atoms with Gasteiger partial charge in [-0.25, -0.2) is 4.39 Å². The average molecular weight is 318 g/mol. The lowest BCUT2D eigenvalue weighted by atomic mass is 10.2. The van der Waals surface area contributed by atoms with Gasteiger partial charge in [0.15, 0.2) is 0 Å². The SMILES string of the molecule is O=C(O)CCCCNC(=O)c1cc(F)ccc1Br. The molecule has 98 valence electrons. The van der Waals surface area contributed by atoms with E-state index in [9.17, 15) is 14.0 Å². The molecule has 1 rings (SSSR count). The maximum absolute atomic E-state index is 13.0. The van der Waals surface area contributed by atoms with Crippen LogP contribution in [0.15, 0.2) is 22.7 Å². The van der Waals surface area contributed by atoms with E-state index in [-0.39, 0.29) is 17.9 Å². The first-order chi connectivity index (χ1) is 8.50. The van der Waals surface area contributed by atoms with E-state index >= 15 is 0 Å². The van der Waals surface area contributed by atoms with Crippen molar-refractivity contribution < 1.29 is 19.1 Å². The highest BCUT2D eigenvalue weighted by Crippen LogP contribution is 2.17. The van der Waals surface area contributed by atoms with Gasteiger partial charge >= 0.3 is 5.97 Å². The number of rotatable bonds is 6. The fourth-order valence-electron chi connectivity index (χ4n) is 1.37. The van der Waals surface area contributed by atoms with E-state index in [2.05, 4.69) is 21.2 Å². The van der Waals surface area contributed by atoms with Crippen molar-refractivity contribution >= 4 is 27.8 Å². The van der Waals surface area contributed by atoms with Gasteiger partial charge in [0.05, 0.1) is 5.56 Å². The van der Waals surface area contributed by atoms with Crippen molar-refractivity contribution in [2.75, 3.05) is 6.54 Å². The molecule has 0 radical (unpaired) electrons. The summed E-state index contributed by atoms with van der Waals surface area (Å²) in [4.78, 5) is 22.0. The van der Waals surface area contributed by atoms with Gasteiger partial charge in [0.1, 0.15) is 5.82 Å². The normalized spacial score (nSPS) is 10.1. The lowest BCUT2D eigenvalue weighted by molar-refractivity contribution is -0.137. The fourth-order valence-corrected chi connectivity index (χ4v) is 1.80. The number of unbranched alkanes of at least 4 members (excludes halogenated alkanes) is 1. The third-order valence-electron chi connectivity index (χ3n) is 2.28. The first kappa shape index (κ1) is 14.6. The zero-order chi connectivity index (χ0) is 13.5. The minimum absolute atomic E-state index is 0.0829. The molecule has 0 aliphatic rings. The Bertz CT molecular complexity index is 451. The number of nitrogens with one attached hydrogen (secondary N) is 1. The van der Waals surface area contributed by atoms with Crippen LogP contribution in [0.2, 0.25) is 0 Å². The number of hydrogen-bond donors (Lipinski definition) is 2. The molecule has 0 aromatic heterocycles. The van der Waals surface area contributed by atoms with E-state index in [0.717, 1.165) is 6.07 Å². The van der Waals surface area contributed by atoms with Gasteiger partial charge in [-0.1, -0.05) is 0 Å². The summed E-state index contributed by atoms with van der Waals surface area (Å²) in [5.41, 5.74) is 0.230. The predicted octanol–water partition coefficient (Wildman–Crippen LogP) is 2.57. The molecule has 18 heavy (non-hydrogen) atoms. The first-order valence-corrected chi connectivity index (χ1v) is 6.25. The van der Waals surface area contributed by atoms with Crippen LogP contribution in [0.25, 0.3) is 0 Å². The lowest BCUT2D eigenvalue weighted by Crippen LogP contribution is -2.25. The second kappa shape index (κ2) is 7.10. The topological polar surface area (TPSA) is 66.4 Å². The zero-order valence-corrected chi connectivity index (χ0v) is 11.2. The summed E-state index contributed by atoms with van der Waals surface area (Å²) >= 11 is 3.17. The number of benzene rings is 1. The minimum Gasteiger partial charge on any atom is -0.481 e. The van der Waals surface area contributed by atoms with Crippen molar-refractivity contribution in [2.45, 2.75) is 19.3 Å². The van der Waals surface area contributed by atoms with Gasteiger partial charge in [0, 0.05) is 17.4 Å². The molecule has 0 bridgehead atoms. The van der Waals surface area contributed by atoms with Gasteiger partial charge < -0.3 is 10.4 Å². The van der Waals surface area contributed by atoms with Crippen LogP contribution >= 0.6 is 15.9 Å². The Morgan fingerprint density at radius 2 is 2.06 bits per heavy atom. The molecule has 0 aliphatic carbocycles. The molecule has 2 N–H and O–H groups in total. The third kappa shape index (κ3) is 4.83. The molecular formula is C12H13BrFNO3. The highest BCUT2D eigenvalue weighted by molar-refractivity contribution is 9.10. The Balaban J connectivity index is 2.41. The molecule has 0 heterocycles. The largest absolute Gasteiger partial charge is 0.481 e. The molecule has 0 atom stereocenters. The highest BCUT2D eigenvalue weighted by Gasteiger charge is 2.10. The fraction of sp³-hybridized carbons (Fsp3) is 0.333. The van der Waals surface area contributed by atoms with E-state index in [1.165, 1.54) is 12.1 Å². The van der Waals surface area contributed by atoms with Crippen molar-refractivity contribution in [3.63, 3.8) is 0 Å². The van der Waals surface area contributed by atoms with Crippen molar-refractivity contribution in [3.05, 3.63) is 34.1 Å². The van der Waals surface area contributed by atoms with Crippen LogP contribution in [0.1, 0.15) is 29.6 Å². The summed E-state index contributed by atoms with van der Waals surface area (Å²) in [6.45, 7) is 0.370. The summed E-state index contributed by atoms with van der Waals surface area (Å²) in [6, 6.07) is 3.87. The standard InChI is InChI=1S/C12H13BrFNO3/c13-10-5-4-8(14)7-9(10)12(18)15-6-2-1-3-11(16)17/h4-5,7H,1-3,6H2,(H,15,18)(H,16,17). The van der Waals surface area contributed by atoms with Crippen LogP contribution in [0.5, 0.6) is 0 Å². The van der Waals surface area contributed by atoms with E-state index in [1.807, 2.05) is 0 Å². The number of carbonyl (C=O) groups excluding carboxylic acids is 1. The van der Waals surface area contributed by atoms with Crippen LogP contribution < -0.4 is 5.32 Å². The maximum Gasteiger partial charge on any atom is 0.303 e. The Kier molecular flexibility index (Phi) is 5.77.